The summed E-state index contributed by atoms with van der Waals surface area (Å²) in [5.41, 5.74) is 4.24. The summed E-state index contributed by atoms with van der Waals surface area (Å²) in [5, 5.41) is 6.30. The van der Waals surface area contributed by atoms with Crippen LogP contribution < -0.4 is 15.5 Å². The van der Waals surface area contributed by atoms with Crippen molar-refractivity contribution in [3.63, 3.8) is 0 Å². The molecular weight excluding hydrogens is 350 g/mol. The molecule has 142 valence electrons. The monoisotopic (exact) mass is 373 g/mol. The quantitative estimate of drug-likeness (QED) is 0.690. The van der Waals surface area contributed by atoms with E-state index in [0.29, 0.717) is 5.56 Å². The maximum Gasteiger partial charge on any atom is 0.257 e. The number of benzene rings is 3. The number of anilines is 4. The number of rotatable bonds is 5. The lowest BCUT2D eigenvalue weighted by Gasteiger charge is -2.28. The zero-order chi connectivity index (χ0) is 19.2. The molecule has 3 aromatic carbocycles. The van der Waals surface area contributed by atoms with Crippen LogP contribution >= 0.6 is 0 Å². The van der Waals surface area contributed by atoms with Gasteiger partial charge in [-0.05, 0) is 48.5 Å². The van der Waals surface area contributed by atoms with Gasteiger partial charge in [-0.3, -0.25) is 4.79 Å². The Balaban J connectivity index is 1.46. The first kappa shape index (κ1) is 18.1. The molecule has 1 saturated heterocycles. The highest BCUT2D eigenvalue weighted by molar-refractivity contribution is 6.08. The third kappa shape index (κ3) is 4.32. The van der Waals surface area contributed by atoms with Gasteiger partial charge in [-0.25, -0.2) is 0 Å². The molecule has 5 heteroatoms. The molecule has 1 fully saturated rings. The summed E-state index contributed by atoms with van der Waals surface area (Å²) in [6.45, 7) is 3.29. The van der Waals surface area contributed by atoms with Gasteiger partial charge in [0, 0.05) is 30.2 Å². The number of morpholine rings is 1. The Hall–Kier alpha value is -3.31. The van der Waals surface area contributed by atoms with E-state index in [-0.39, 0.29) is 5.91 Å². The Bertz CT molecular complexity index is 920. The fraction of sp³-hybridized carbons (Fsp3) is 0.174. The molecule has 1 aliphatic rings. The van der Waals surface area contributed by atoms with Gasteiger partial charge in [0.25, 0.3) is 5.91 Å². The number of carbonyl (C=O) groups is 1. The van der Waals surface area contributed by atoms with Crippen molar-refractivity contribution in [1.29, 1.82) is 0 Å². The second kappa shape index (κ2) is 8.59. The molecule has 1 amide bonds. The molecule has 0 aliphatic carbocycles. The Morgan fingerprint density at radius 2 is 1.46 bits per heavy atom. The molecule has 1 heterocycles. The average molecular weight is 373 g/mol. The smallest absolute Gasteiger partial charge is 0.257 e. The molecule has 5 nitrogen and oxygen atoms in total. The van der Waals surface area contributed by atoms with E-state index in [9.17, 15) is 4.79 Å². The van der Waals surface area contributed by atoms with E-state index < -0.39 is 0 Å². The van der Waals surface area contributed by atoms with Crippen LogP contribution in [0.25, 0.3) is 0 Å². The second-order valence-electron chi connectivity index (χ2n) is 6.64. The third-order valence-electron chi connectivity index (χ3n) is 4.73. The molecule has 0 bridgehead atoms. The standard InChI is InChI=1S/C23H23N3O2/c27-23(21-8-4-5-9-22(21)24-18-6-2-1-3-7-18)25-19-10-12-20(13-11-19)26-14-16-28-17-15-26/h1-13,24H,14-17H2,(H,25,27). The number of nitrogens with zero attached hydrogens (tertiary/aromatic N) is 1. The van der Waals surface area contributed by atoms with Crippen molar-refractivity contribution in [3.05, 3.63) is 84.4 Å². The third-order valence-corrected chi connectivity index (χ3v) is 4.73. The van der Waals surface area contributed by atoms with Gasteiger partial charge in [0.15, 0.2) is 0 Å². The number of para-hydroxylation sites is 2. The van der Waals surface area contributed by atoms with Crippen LogP contribution in [-0.4, -0.2) is 32.2 Å². The molecule has 28 heavy (non-hydrogen) atoms. The average Bonchev–Trinajstić information content (AvgIpc) is 2.76. The van der Waals surface area contributed by atoms with Crippen molar-refractivity contribution in [2.24, 2.45) is 0 Å². The molecule has 1 aliphatic heterocycles. The second-order valence-corrected chi connectivity index (χ2v) is 6.64. The number of nitrogens with one attached hydrogen (secondary N) is 2. The Labute approximate surface area is 164 Å². The fourth-order valence-electron chi connectivity index (χ4n) is 3.24. The summed E-state index contributed by atoms with van der Waals surface area (Å²) >= 11 is 0. The van der Waals surface area contributed by atoms with Crippen molar-refractivity contribution in [1.82, 2.24) is 0 Å². The molecule has 0 radical (unpaired) electrons. The van der Waals surface area contributed by atoms with Crippen molar-refractivity contribution >= 4 is 28.7 Å². The van der Waals surface area contributed by atoms with Gasteiger partial charge >= 0.3 is 0 Å². The summed E-state index contributed by atoms with van der Waals surface area (Å²) in [5.74, 6) is -0.141. The van der Waals surface area contributed by atoms with Crippen LogP contribution in [0, 0.1) is 0 Å². The zero-order valence-electron chi connectivity index (χ0n) is 15.6. The SMILES string of the molecule is O=C(Nc1ccc(N2CCOCC2)cc1)c1ccccc1Nc1ccccc1. The summed E-state index contributed by atoms with van der Waals surface area (Å²) in [4.78, 5) is 15.1. The molecule has 0 spiro atoms. The lowest BCUT2D eigenvalue weighted by Crippen LogP contribution is -2.36. The molecule has 3 aromatic rings. The zero-order valence-corrected chi connectivity index (χ0v) is 15.6. The molecular formula is C23H23N3O2. The Kier molecular flexibility index (Phi) is 5.54. The van der Waals surface area contributed by atoms with E-state index in [2.05, 4.69) is 15.5 Å². The number of hydrogen-bond donors (Lipinski definition) is 2. The van der Waals surface area contributed by atoms with Crippen LogP contribution in [-0.2, 0) is 4.74 Å². The van der Waals surface area contributed by atoms with Crippen LogP contribution in [0.4, 0.5) is 22.7 Å². The van der Waals surface area contributed by atoms with Gasteiger partial charge in [-0.15, -0.1) is 0 Å². The van der Waals surface area contributed by atoms with Gasteiger partial charge in [-0.1, -0.05) is 30.3 Å². The minimum absolute atomic E-state index is 0.141. The first-order chi connectivity index (χ1) is 13.8. The summed E-state index contributed by atoms with van der Waals surface area (Å²) < 4.78 is 5.40. The van der Waals surface area contributed by atoms with E-state index in [1.165, 1.54) is 0 Å². The minimum atomic E-state index is -0.141. The predicted octanol–water partition coefficient (Wildman–Crippen LogP) is 4.52. The van der Waals surface area contributed by atoms with E-state index in [1.54, 1.807) is 0 Å². The Morgan fingerprint density at radius 1 is 0.786 bits per heavy atom. The van der Waals surface area contributed by atoms with Gasteiger partial charge in [0.1, 0.15) is 0 Å². The number of amides is 1. The van der Waals surface area contributed by atoms with Gasteiger partial charge in [0.2, 0.25) is 0 Å². The van der Waals surface area contributed by atoms with E-state index in [1.807, 2.05) is 78.9 Å². The lowest BCUT2D eigenvalue weighted by molar-refractivity contribution is 0.102. The van der Waals surface area contributed by atoms with Crippen molar-refractivity contribution in [3.8, 4) is 0 Å². The van der Waals surface area contributed by atoms with Gasteiger partial charge in [0.05, 0.1) is 24.5 Å². The topological polar surface area (TPSA) is 53.6 Å². The largest absolute Gasteiger partial charge is 0.378 e. The highest BCUT2D eigenvalue weighted by atomic mass is 16.5. The maximum absolute atomic E-state index is 12.8. The molecule has 2 N–H and O–H groups in total. The van der Waals surface area contributed by atoms with Crippen LogP contribution in [0.2, 0.25) is 0 Å². The molecule has 4 rings (SSSR count). The first-order valence-electron chi connectivity index (χ1n) is 9.45. The molecule has 0 unspecified atom stereocenters. The highest BCUT2D eigenvalue weighted by Crippen LogP contribution is 2.23. The van der Waals surface area contributed by atoms with Crippen LogP contribution in [0.1, 0.15) is 10.4 Å². The normalized spacial score (nSPS) is 13.8. The van der Waals surface area contributed by atoms with E-state index in [4.69, 9.17) is 4.74 Å². The number of carbonyl (C=O) groups excluding carboxylic acids is 1. The first-order valence-corrected chi connectivity index (χ1v) is 9.45. The van der Waals surface area contributed by atoms with Gasteiger partial charge < -0.3 is 20.3 Å². The van der Waals surface area contributed by atoms with Crippen molar-refractivity contribution in [2.45, 2.75) is 0 Å². The summed E-state index contributed by atoms with van der Waals surface area (Å²) in [7, 11) is 0. The molecule has 0 atom stereocenters. The fourth-order valence-corrected chi connectivity index (χ4v) is 3.24. The van der Waals surface area contributed by atoms with Gasteiger partial charge in [-0.2, -0.15) is 0 Å². The minimum Gasteiger partial charge on any atom is -0.378 e. The van der Waals surface area contributed by atoms with Crippen molar-refractivity contribution in [2.75, 3.05) is 41.8 Å². The van der Waals surface area contributed by atoms with E-state index in [0.717, 1.165) is 49.1 Å². The highest BCUT2D eigenvalue weighted by Gasteiger charge is 2.13. The van der Waals surface area contributed by atoms with Crippen molar-refractivity contribution < 1.29 is 9.53 Å². The maximum atomic E-state index is 12.8. The number of hydrogen-bond acceptors (Lipinski definition) is 4. The Morgan fingerprint density at radius 3 is 2.21 bits per heavy atom. The van der Waals surface area contributed by atoms with Crippen LogP contribution in [0.5, 0.6) is 0 Å². The number of ether oxygens (including phenoxy) is 1. The molecule has 0 saturated carbocycles. The summed E-state index contributed by atoms with van der Waals surface area (Å²) in [6, 6.07) is 25.3. The predicted molar refractivity (Wildman–Crippen MR) is 114 cm³/mol. The van der Waals surface area contributed by atoms with Crippen LogP contribution in [0.3, 0.4) is 0 Å². The molecule has 0 aromatic heterocycles. The van der Waals surface area contributed by atoms with E-state index >= 15 is 0 Å². The summed E-state index contributed by atoms with van der Waals surface area (Å²) in [6.07, 6.45) is 0. The lowest BCUT2D eigenvalue weighted by atomic mass is 10.1. The van der Waals surface area contributed by atoms with Crippen LogP contribution in [0.15, 0.2) is 78.9 Å².